The van der Waals surface area contributed by atoms with Crippen molar-refractivity contribution in [2.45, 2.75) is 20.4 Å². The van der Waals surface area contributed by atoms with Crippen molar-refractivity contribution in [1.29, 1.82) is 0 Å². The molecule has 0 saturated carbocycles. The van der Waals surface area contributed by atoms with Crippen LogP contribution in [0.1, 0.15) is 18.2 Å². The van der Waals surface area contributed by atoms with Crippen molar-refractivity contribution in [3.63, 3.8) is 0 Å². The van der Waals surface area contributed by atoms with Crippen LogP contribution in [0.25, 0.3) is 0 Å². The summed E-state index contributed by atoms with van der Waals surface area (Å²) in [5, 5.41) is 6.30. The monoisotopic (exact) mass is 179 g/mol. The molecule has 0 spiro atoms. The highest BCUT2D eigenvalue weighted by Gasteiger charge is 1.99. The third kappa shape index (κ3) is 2.70. The molecule has 0 aliphatic heterocycles. The van der Waals surface area contributed by atoms with E-state index in [1.54, 1.807) is 0 Å². The van der Waals surface area contributed by atoms with E-state index in [-0.39, 0.29) is 0 Å². The lowest BCUT2D eigenvalue weighted by molar-refractivity contribution is 0.805. The number of pyridine rings is 1. The normalized spacial score (nSPS) is 10.1. The molecule has 1 aromatic rings. The van der Waals surface area contributed by atoms with Crippen molar-refractivity contribution in [3.8, 4) is 0 Å². The van der Waals surface area contributed by atoms with Crippen LogP contribution in [-0.4, -0.2) is 18.6 Å². The second kappa shape index (κ2) is 4.82. The molecule has 0 aromatic carbocycles. The highest BCUT2D eigenvalue weighted by molar-refractivity contribution is 5.38. The average molecular weight is 179 g/mol. The second-order valence-electron chi connectivity index (χ2n) is 3.00. The molecule has 3 nitrogen and oxygen atoms in total. The van der Waals surface area contributed by atoms with Crippen LogP contribution in [0.4, 0.5) is 5.82 Å². The standard InChI is InChI=1S/C10H17N3/c1-4-12-10-6-5-9(7-11-3)8(2)13-10/h5-6,11H,4,7H2,1-3H3,(H,12,13). The topological polar surface area (TPSA) is 37.0 Å². The van der Waals surface area contributed by atoms with Crippen LogP contribution in [0.15, 0.2) is 12.1 Å². The Morgan fingerprint density at radius 3 is 2.69 bits per heavy atom. The van der Waals surface area contributed by atoms with Crippen LogP contribution in [0, 0.1) is 6.92 Å². The van der Waals surface area contributed by atoms with E-state index in [0.29, 0.717) is 0 Å². The van der Waals surface area contributed by atoms with E-state index >= 15 is 0 Å². The van der Waals surface area contributed by atoms with E-state index in [0.717, 1.165) is 24.6 Å². The van der Waals surface area contributed by atoms with E-state index in [9.17, 15) is 0 Å². The van der Waals surface area contributed by atoms with Gasteiger partial charge < -0.3 is 10.6 Å². The molecular weight excluding hydrogens is 162 g/mol. The van der Waals surface area contributed by atoms with Gasteiger partial charge in [0.15, 0.2) is 0 Å². The Morgan fingerprint density at radius 2 is 2.15 bits per heavy atom. The van der Waals surface area contributed by atoms with Crippen molar-refractivity contribution in [1.82, 2.24) is 10.3 Å². The van der Waals surface area contributed by atoms with E-state index in [4.69, 9.17) is 0 Å². The molecule has 0 aliphatic carbocycles. The molecule has 1 aromatic heterocycles. The van der Waals surface area contributed by atoms with Crippen LogP contribution in [0.5, 0.6) is 0 Å². The molecule has 1 rings (SSSR count). The van der Waals surface area contributed by atoms with E-state index in [1.165, 1.54) is 5.56 Å². The maximum absolute atomic E-state index is 4.43. The fraction of sp³-hybridized carbons (Fsp3) is 0.500. The Hall–Kier alpha value is -1.09. The Morgan fingerprint density at radius 1 is 1.38 bits per heavy atom. The van der Waals surface area contributed by atoms with Crippen LogP contribution in [0.2, 0.25) is 0 Å². The molecule has 0 aliphatic rings. The highest BCUT2D eigenvalue weighted by Crippen LogP contribution is 2.09. The van der Waals surface area contributed by atoms with E-state index < -0.39 is 0 Å². The summed E-state index contributed by atoms with van der Waals surface area (Å²) in [4.78, 5) is 4.43. The van der Waals surface area contributed by atoms with Crippen molar-refractivity contribution < 1.29 is 0 Å². The molecule has 0 fully saturated rings. The molecule has 0 unspecified atom stereocenters. The quantitative estimate of drug-likeness (QED) is 0.736. The third-order valence-electron chi connectivity index (χ3n) is 1.92. The Labute approximate surface area is 79.6 Å². The largest absolute Gasteiger partial charge is 0.370 e. The molecule has 0 saturated heterocycles. The van der Waals surface area contributed by atoms with Crippen molar-refractivity contribution in [3.05, 3.63) is 23.4 Å². The van der Waals surface area contributed by atoms with Gasteiger partial charge in [-0.15, -0.1) is 0 Å². The number of aryl methyl sites for hydroxylation is 1. The maximum Gasteiger partial charge on any atom is 0.126 e. The maximum atomic E-state index is 4.43. The molecule has 0 bridgehead atoms. The van der Waals surface area contributed by atoms with E-state index in [1.807, 2.05) is 20.0 Å². The predicted molar refractivity (Wildman–Crippen MR) is 55.9 cm³/mol. The first kappa shape index (κ1) is 9.99. The third-order valence-corrected chi connectivity index (χ3v) is 1.92. The van der Waals surface area contributed by atoms with Gasteiger partial charge in [-0.2, -0.15) is 0 Å². The van der Waals surface area contributed by atoms with Gasteiger partial charge in [0.05, 0.1) is 0 Å². The van der Waals surface area contributed by atoms with Gasteiger partial charge in [0.1, 0.15) is 5.82 Å². The number of aromatic nitrogens is 1. The van der Waals surface area contributed by atoms with Gasteiger partial charge in [-0.05, 0) is 32.5 Å². The lowest BCUT2D eigenvalue weighted by Crippen LogP contribution is -2.08. The van der Waals surface area contributed by atoms with Gasteiger partial charge in [0, 0.05) is 18.8 Å². The fourth-order valence-corrected chi connectivity index (χ4v) is 1.25. The molecule has 13 heavy (non-hydrogen) atoms. The molecule has 0 atom stereocenters. The first-order valence-corrected chi connectivity index (χ1v) is 4.63. The Kier molecular flexibility index (Phi) is 3.71. The van der Waals surface area contributed by atoms with Crippen LogP contribution in [0.3, 0.4) is 0 Å². The van der Waals surface area contributed by atoms with Crippen LogP contribution < -0.4 is 10.6 Å². The van der Waals surface area contributed by atoms with Crippen molar-refractivity contribution >= 4 is 5.82 Å². The number of nitrogens with one attached hydrogen (secondary N) is 2. The molecule has 0 amide bonds. The van der Waals surface area contributed by atoms with Gasteiger partial charge in [0.25, 0.3) is 0 Å². The molecule has 0 radical (unpaired) electrons. The Bertz CT molecular complexity index is 271. The number of hydrogen-bond acceptors (Lipinski definition) is 3. The molecule has 1 heterocycles. The lowest BCUT2D eigenvalue weighted by atomic mass is 10.2. The zero-order valence-corrected chi connectivity index (χ0v) is 8.52. The Balaban J connectivity index is 2.79. The minimum absolute atomic E-state index is 0.880. The predicted octanol–water partition coefficient (Wildman–Crippen LogP) is 1.54. The smallest absolute Gasteiger partial charge is 0.126 e. The van der Waals surface area contributed by atoms with Gasteiger partial charge in [-0.1, -0.05) is 6.07 Å². The van der Waals surface area contributed by atoms with Gasteiger partial charge in [-0.25, -0.2) is 4.98 Å². The van der Waals surface area contributed by atoms with Crippen LogP contribution in [-0.2, 0) is 6.54 Å². The molecule has 3 heteroatoms. The van der Waals surface area contributed by atoms with Gasteiger partial charge >= 0.3 is 0 Å². The minimum atomic E-state index is 0.880. The SMILES string of the molecule is CCNc1ccc(CNC)c(C)n1. The average Bonchev–Trinajstić information content (AvgIpc) is 2.10. The summed E-state index contributed by atoms with van der Waals surface area (Å²) in [5.74, 6) is 0.958. The first-order valence-electron chi connectivity index (χ1n) is 4.63. The number of rotatable bonds is 4. The van der Waals surface area contributed by atoms with Crippen molar-refractivity contribution in [2.24, 2.45) is 0 Å². The summed E-state index contributed by atoms with van der Waals surface area (Å²) in [5.41, 5.74) is 2.34. The molecule has 2 N–H and O–H groups in total. The summed E-state index contributed by atoms with van der Waals surface area (Å²) in [6, 6.07) is 4.12. The number of nitrogens with zero attached hydrogens (tertiary/aromatic N) is 1. The lowest BCUT2D eigenvalue weighted by Gasteiger charge is -2.07. The fourth-order valence-electron chi connectivity index (χ4n) is 1.25. The summed E-state index contributed by atoms with van der Waals surface area (Å²) >= 11 is 0. The zero-order chi connectivity index (χ0) is 9.68. The molecule has 72 valence electrons. The summed E-state index contributed by atoms with van der Waals surface area (Å²) < 4.78 is 0. The highest BCUT2D eigenvalue weighted by atomic mass is 15.0. The van der Waals surface area contributed by atoms with Crippen molar-refractivity contribution in [2.75, 3.05) is 18.9 Å². The summed E-state index contributed by atoms with van der Waals surface area (Å²) in [6.07, 6.45) is 0. The first-order chi connectivity index (χ1) is 6.27. The summed E-state index contributed by atoms with van der Waals surface area (Å²) in [7, 11) is 1.94. The molecular formula is C10H17N3. The van der Waals surface area contributed by atoms with Crippen LogP contribution >= 0.6 is 0 Å². The van der Waals surface area contributed by atoms with Gasteiger partial charge in [0.2, 0.25) is 0 Å². The minimum Gasteiger partial charge on any atom is -0.370 e. The number of anilines is 1. The van der Waals surface area contributed by atoms with E-state index in [2.05, 4.69) is 28.6 Å². The second-order valence-corrected chi connectivity index (χ2v) is 3.00. The zero-order valence-electron chi connectivity index (χ0n) is 8.52. The number of hydrogen-bond donors (Lipinski definition) is 2. The van der Waals surface area contributed by atoms with Gasteiger partial charge in [-0.3, -0.25) is 0 Å². The summed E-state index contributed by atoms with van der Waals surface area (Å²) in [6.45, 7) is 5.90.